The van der Waals surface area contributed by atoms with Gasteiger partial charge in [-0.2, -0.15) is 0 Å². The van der Waals surface area contributed by atoms with Crippen LogP contribution < -0.4 is 4.74 Å². The number of rotatable bonds is 2. The fraction of sp³-hybridized carbons (Fsp3) is 0. The van der Waals surface area contributed by atoms with Gasteiger partial charge in [-0.05, 0) is 68.3 Å². The third kappa shape index (κ3) is 3.22. The van der Waals surface area contributed by atoms with E-state index in [1.54, 1.807) is 24.3 Å². The summed E-state index contributed by atoms with van der Waals surface area (Å²) in [5.41, 5.74) is 0.501. The molecule has 0 unspecified atom stereocenters. The van der Waals surface area contributed by atoms with E-state index in [1.165, 1.54) is 0 Å². The maximum absolute atomic E-state index is 12.0. The van der Waals surface area contributed by atoms with E-state index in [-0.39, 0.29) is 0 Å². The minimum atomic E-state index is -0.393. The average molecular weight is 435 g/mol. The Bertz CT molecular complexity index is 559. The van der Waals surface area contributed by atoms with Crippen molar-refractivity contribution >= 4 is 53.8 Å². The van der Waals surface area contributed by atoms with Crippen LogP contribution in [0, 0.1) is 0 Å². The Morgan fingerprint density at radius 3 is 2.00 bits per heavy atom. The number of para-hydroxylation sites is 1. The highest BCUT2D eigenvalue weighted by atomic mass is 79.9. The molecule has 2 rings (SSSR count). The summed E-state index contributed by atoms with van der Waals surface area (Å²) < 4.78 is 7.72. The van der Waals surface area contributed by atoms with E-state index in [9.17, 15) is 4.79 Å². The van der Waals surface area contributed by atoms with Crippen molar-refractivity contribution in [2.24, 2.45) is 0 Å². The van der Waals surface area contributed by atoms with Crippen LogP contribution in [0.2, 0.25) is 0 Å². The Labute approximate surface area is 130 Å². The van der Waals surface area contributed by atoms with E-state index in [0.717, 1.165) is 13.4 Å². The smallest absolute Gasteiger partial charge is 0.343 e. The second kappa shape index (κ2) is 5.99. The molecule has 2 aromatic carbocycles. The molecule has 0 heterocycles. The lowest BCUT2D eigenvalue weighted by Gasteiger charge is -2.08. The van der Waals surface area contributed by atoms with Gasteiger partial charge < -0.3 is 4.74 Å². The first-order valence-corrected chi connectivity index (χ1v) is 7.37. The third-order valence-electron chi connectivity index (χ3n) is 2.19. The van der Waals surface area contributed by atoms with Gasteiger partial charge in [0.15, 0.2) is 5.75 Å². The van der Waals surface area contributed by atoms with Crippen molar-refractivity contribution in [3.63, 3.8) is 0 Å². The number of carbonyl (C=O) groups is 1. The SMILES string of the molecule is O=C(Oc1c(Br)cccc1Br)c1ccc(Br)cc1. The van der Waals surface area contributed by atoms with Crippen LogP contribution in [0.1, 0.15) is 10.4 Å². The van der Waals surface area contributed by atoms with E-state index in [4.69, 9.17) is 4.74 Å². The summed E-state index contributed by atoms with van der Waals surface area (Å²) in [4.78, 5) is 12.0. The molecular formula is C13H7Br3O2. The van der Waals surface area contributed by atoms with Gasteiger partial charge in [0.2, 0.25) is 0 Å². The Kier molecular flexibility index (Phi) is 4.59. The molecule has 2 aromatic rings. The van der Waals surface area contributed by atoms with E-state index >= 15 is 0 Å². The zero-order valence-corrected chi connectivity index (χ0v) is 13.7. The second-order valence-corrected chi connectivity index (χ2v) is 6.07. The summed E-state index contributed by atoms with van der Waals surface area (Å²) in [6.45, 7) is 0. The summed E-state index contributed by atoms with van der Waals surface area (Å²) in [6, 6.07) is 12.5. The fourth-order valence-electron chi connectivity index (χ4n) is 1.32. The highest BCUT2D eigenvalue weighted by Gasteiger charge is 2.13. The molecule has 0 fully saturated rings. The maximum Gasteiger partial charge on any atom is 0.343 e. The number of esters is 1. The molecule has 2 nitrogen and oxygen atoms in total. The number of hydrogen-bond donors (Lipinski definition) is 0. The van der Waals surface area contributed by atoms with Gasteiger partial charge in [0.25, 0.3) is 0 Å². The summed E-state index contributed by atoms with van der Waals surface area (Å²) in [5.74, 6) is 0.0838. The normalized spacial score (nSPS) is 10.2. The minimum absolute atomic E-state index is 0.393. The molecule has 18 heavy (non-hydrogen) atoms. The Hall–Kier alpha value is -0.650. The molecule has 0 atom stereocenters. The summed E-state index contributed by atoms with van der Waals surface area (Å²) in [5, 5.41) is 0. The lowest BCUT2D eigenvalue weighted by Crippen LogP contribution is -2.09. The molecule has 5 heteroatoms. The number of benzene rings is 2. The van der Waals surface area contributed by atoms with Gasteiger partial charge in [-0.25, -0.2) is 4.79 Å². The molecule has 0 saturated carbocycles. The van der Waals surface area contributed by atoms with Crippen LogP contribution in [0.5, 0.6) is 5.75 Å². The predicted octanol–water partition coefficient (Wildman–Crippen LogP) is 5.19. The van der Waals surface area contributed by atoms with Gasteiger partial charge in [0, 0.05) is 4.47 Å². The van der Waals surface area contributed by atoms with Crippen molar-refractivity contribution < 1.29 is 9.53 Å². The van der Waals surface area contributed by atoms with E-state index in [2.05, 4.69) is 47.8 Å². The van der Waals surface area contributed by atoms with Crippen molar-refractivity contribution in [2.45, 2.75) is 0 Å². The highest BCUT2D eigenvalue weighted by Crippen LogP contribution is 2.33. The van der Waals surface area contributed by atoms with Crippen molar-refractivity contribution in [1.29, 1.82) is 0 Å². The standard InChI is InChI=1S/C13H7Br3O2/c14-9-6-4-8(5-7-9)13(17)18-12-10(15)2-1-3-11(12)16/h1-7H. The Balaban J connectivity index is 2.24. The van der Waals surface area contributed by atoms with Gasteiger partial charge in [0.1, 0.15) is 0 Å². The molecule has 0 saturated heterocycles. The molecule has 92 valence electrons. The number of ether oxygens (including phenoxy) is 1. The molecule has 0 radical (unpaired) electrons. The Morgan fingerprint density at radius 1 is 0.889 bits per heavy atom. The molecule has 0 N–H and O–H groups in total. The first kappa shape index (κ1) is 13.8. The molecule has 0 bridgehead atoms. The summed E-state index contributed by atoms with van der Waals surface area (Å²) in [6.07, 6.45) is 0. The zero-order valence-electron chi connectivity index (χ0n) is 8.99. The first-order chi connectivity index (χ1) is 8.58. The zero-order chi connectivity index (χ0) is 13.1. The summed E-state index contributed by atoms with van der Waals surface area (Å²) in [7, 11) is 0. The number of hydrogen-bond acceptors (Lipinski definition) is 2. The number of carbonyl (C=O) groups excluding carboxylic acids is 1. The van der Waals surface area contributed by atoms with Crippen LogP contribution >= 0.6 is 47.8 Å². The van der Waals surface area contributed by atoms with Crippen LogP contribution in [0.3, 0.4) is 0 Å². The van der Waals surface area contributed by atoms with E-state index in [0.29, 0.717) is 11.3 Å². The van der Waals surface area contributed by atoms with Crippen LogP contribution in [0.25, 0.3) is 0 Å². The van der Waals surface area contributed by atoms with Crippen LogP contribution in [0.4, 0.5) is 0 Å². The molecular weight excluding hydrogens is 428 g/mol. The van der Waals surface area contributed by atoms with Gasteiger partial charge in [-0.1, -0.05) is 22.0 Å². The topological polar surface area (TPSA) is 26.3 Å². The molecule has 0 amide bonds. The molecule has 0 aliphatic carbocycles. The molecule has 0 spiro atoms. The van der Waals surface area contributed by atoms with E-state index in [1.807, 2.05) is 18.2 Å². The van der Waals surface area contributed by atoms with Crippen molar-refractivity contribution in [1.82, 2.24) is 0 Å². The first-order valence-electron chi connectivity index (χ1n) is 4.99. The number of halogens is 3. The van der Waals surface area contributed by atoms with Crippen LogP contribution in [-0.2, 0) is 0 Å². The predicted molar refractivity (Wildman–Crippen MR) is 80.9 cm³/mol. The second-order valence-electron chi connectivity index (χ2n) is 3.45. The molecule has 0 aliphatic heterocycles. The summed E-state index contributed by atoms with van der Waals surface area (Å²) >= 11 is 10.0. The van der Waals surface area contributed by atoms with Gasteiger partial charge in [-0.3, -0.25) is 0 Å². The fourth-order valence-corrected chi connectivity index (χ4v) is 2.74. The van der Waals surface area contributed by atoms with E-state index < -0.39 is 5.97 Å². The largest absolute Gasteiger partial charge is 0.421 e. The third-order valence-corrected chi connectivity index (χ3v) is 3.97. The Morgan fingerprint density at radius 2 is 1.44 bits per heavy atom. The lowest BCUT2D eigenvalue weighted by molar-refractivity contribution is 0.0732. The van der Waals surface area contributed by atoms with Gasteiger partial charge in [0.05, 0.1) is 14.5 Å². The molecule has 0 aromatic heterocycles. The monoisotopic (exact) mass is 432 g/mol. The average Bonchev–Trinajstić information content (AvgIpc) is 2.34. The van der Waals surface area contributed by atoms with Crippen molar-refractivity contribution in [3.05, 3.63) is 61.4 Å². The van der Waals surface area contributed by atoms with Gasteiger partial charge >= 0.3 is 5.97 Å². The lowest BCUT2D eigenvalue weighted by atomic mass is 10.2. The quantitative estimate of drug-likeness (QED) is 0.480. The maximum atomic E-state index is 12.0. The van der Waals surface area contributed by atoms with Crippen molar-refractivity contribution in [3.8, 4) is 5.75 Å². The van der Waals surface area contributed by atoms with Crippen molar-refractivity contribution in [2.75, 3.05) is 0 Å². The van der Waals surface area contributed by atoms with Crippen LogP contribution in [-0.4, -0.2) is 5.97 Å². The minimum Gasteiger partial charge on any atom is -0.421 e. The highest BCUT2D eigenvalue weighted by molar-refractivity contribution is 9.11. The van der Waals surface area contributed by atoms with Crippen LogP contribution in [0.15, 0.2) is 55.9 Å². The van der Waals surface area contributed by atoms with Gasteiger partial charge in [-0.15, -0.1) is 0 Å². The molecule has 0 aliphatic rings.